The van der Waals surface area contributed by atoms with Crippen molar-refractivity contribution in [2.45, 2.75) is 6.92 Å². The van der Waals surface area contributed by atoms with E-state index in [2.05, 4.69) is 54.8 Å². The monoisotopic (exact) mass is 357 g/mol. The maximum atomic E-state index is 4.48. The zero-order valence-corrected chi connectivity index (χ0v) is 15.6. The van der Waals surface area contributed by atoms with Crippen LogP contribution in [0.3, 0.4) is 0 Å². The molecule has 6 nitrogen and oxygen atoms in total. The van der Waals surface area contributed by atoms with Crippen LogP contribution >= 0.6 is 0 Å². The number of imidazole rings is 1. The number of benzene rings is 1. The average Bonchev–Trinajstić information content (AvgIpc) is 3.04. The van der Waals surface area contributed by atoms with Crippen molar-refractivity contribution in [2.75, 3.05) is 11.9 Å². The van der Waals surface area contributed by atoms with Gasteiger partial charge in [-0.3, -0.25) is 14.9 Å². The Labute approximate surface area is 158 Å². The predicted octanol–water partition coefficient (Wildman–Crippen LogP) is 3.35. The summed E-state index contributed by atoms with van der Waals surface area (Å²) in [5.74, 6) is 0. The lowest BCUT2D eigenvalue weighted by Gasteiger charge is -2.21. The van der Waals surface area contributed by atoms with E-state index in [0.717, 1.165) is 33.9 Å². The highest BCUT2D eigenvalue weighted by molar-refractivity contribution is 5.90. The minimum Gasteiger partial charge on any atom is -0.299 e. The third kappa shape index (κ3) is 3.06. The van der Waals surface area contributed by atoms with Crippen LogP contribution in [0.5, 0.6) is 0 Å². The SMILES string of the molecule is C/N=C/N(c1cccc(-n2c[n+](C)c3ncccc32)c1)c1cccnc1C. The highest BCUT2D eigenvalue weighted by Gasteiger charge is 2.17. The molecule has 27 heavy (non-hydrogen) atoms. The van der Waals surface area contributed by atoms with Crippen LogP contribution in [0.1, 0.15) is 5.69 Å². The summed E-state index contributed by atoms with van der Waals surface area (Å²) in [5, 5.41) is 0. The molecule has 0 bridgehead atoms. The van der Waals surface area contributed by atoms with Crippen molar-refractivity contribution in [2.24, 2.45) is 12.0 Å². The molecule has 6 heteroatoms. The number of aliphatic imine (C=N–C) groups is 1. The molecule has 0 spiro atoms. The fourth-order valence-corrected chi connectivity index (χ4v) is 3.25. The summed E-state index contributed by atoms with van der Waals surface area (Å²) in [4.78, 5) is 15.2. The summed E-state index contributed by atoms with van der Waals surface area (Å²) in [5.41, 5.74) is 6.03. The normalized spacial score (nSPS) is 11.4. The maximum absolute atomic E-state index is 4.48. The van der Waals surface area contributed by atoms with Crippen molar-refractivity contribution in [3.8, 4) is 5.69 Å². The summed E-state index contributed by atoms with van der Waals surface area (Å²) in [6, 6.07) is 16.4. The Morgan fingerprint density at radius 2 is 1.89 bits per heavy atom. The molecule has 0 atom stereocenters. The van der Waals surface area contributed by atoms with Crippen LogP contribution in [-0.2, 0) is 7.05 Å². The molecule has 3 aromatic heterocycles. The topological polar surface area (TPSA) is 50.2 Å². The number of nitrogens with zero attached hydrogens (tertiary/aromatic N) is 6. The van der Waals surface area contributed by atoms with Crippen molar-refractivity contribution in [1.29, 1.82) is 0 Å². The number of pyridine rings is 2. The predicted molar refractivity (Wildman–Crippen MR) is 108 cm³/mol. The molecule has 4 aromatic rings. The first-order valence-electron chi connectivity index (χ1n) is 8.74. The molecule has 0 fully saturated rings. The summed E-state index contributed by atoms with van der Waals surface area (Å²) in [6.07, 6.45) is 7.48. The zero-order valence-electron chi connectivity index (χ0n) is 15.6. The lowest BCUT2D eigenvalue weighted by molar-refractivity contribution is -0.647. The first-order chi connectivity index (χ1) is 13.2. The number of fused-ring (bicyclic) bond motifs is 1. The standard InChI is InChI=1S/C21H21N6/c1-16-19(9-5-11-23-16)26(14-22-2)17-7-4-8-18(13-17)27-15-25(3)21-20(27)10-6-12-24-21/h4-15H,1-3H3/q+1/b22-14+. The van der Waals surface area contributed by atoms with Gasteiger partial charge < -0.3 is 0 Å². The van der Waals surface area contributed by atoms with E-state index < -0.39 is 0 Å². The quantitative estimate of drug-likeness (QED) is 0.320. The lowest BCUT2D eigenvalue weighted by Crippen LogP contribution is -2.26. The maximum Gasteiger partial charge on any atom is 0.301 e. The number of anilines is 2. The molecule has 3 heterocycles. The second-order valence-electron chi connectivity index (χ2n) is 6.31. The molecule has 0 aliphatic heterocycles. The smallest absolute Gasteiger partial charge is 0.299 e. The van der Waals surface area contributed by atoms with Gasteiger partial charge in [0.1, 0.15) is 11.9 Å². The molecule has 0 radical (unpaired) electrons. The Bertz CT molecular complexity index is 1130. The summed E-state index contributed by atoms with van der Waals surface area (Å²) in [7, 11) is 3.78. The number of aromatic nitrogens is 4. The molecule has 0 aliphatic rings. The van der Waals surface area contributed by atoms with Crippen molar-refractivity contribution in [1.82, 2.24) is 14.5 Å². The third-order valence-electron chi connectivity index (χ3n) is 4.50. The molecule has 4 rings (SSSR count). The number of hydrogen-bond donors (Lipinski definition) is 0. The second-order valence-corrected chi connectivity index (χ2v) is 6.31. The minimum absolute atomic E-state index is 0.943. The van der Waals surface area contributed by atoms with Crippen molar-refractivity contribution < 1.29 is 4.57 Å². The zero-order chi connectivity index (χ0) is 18.8. The van der Waals surface area contributed by atoms with E-state index in [4.69, 9.17) is 0 Å². The van der Waals surface area contributed by atoms with Crippen LogP contribution in [0.15, 0.2) is 72.2 Å². The van der Waals surface area contributed by atoms with Gasteiger partial charge in [-0.15, -0.1) is 4.98 Å². The Morgan fingerprint density at radius 1 is 1.07 bits per heavy atom. The third-order valence-corrected chi connectivity index (χ3v) is 4.50. The van der Waals surface area contributed by atoms with E-state index in [0.29, 0.717) is 0 Å². The van der Waals surface area contributed by atoms with Crippen LogP contribution in [0, 0.1) is 6.92 Å². The van der Waals surface area contributed by atoms with Crippen LogP contribution in [0.2, 0.25) is 0 Å². The molecule has 1 aromatic carbocycles. The van der Waals surface area contributed by atoms with Crippen molar-refractivity contribution in [3.05, 3.63) is 72.9 Å². The van der Waals surface area contributed by atoms with Gasteiger partial charge in [-0.05, 0) is 43.3 Å². The molecule has 0 N–H and O–H groups in total. The van der Waals surface area contributed by atoms with Crippen LogP contribution in [-0.4, -0.2) is 27.9 Å². The van der Waals surface area contributed by atoms with E-state index in [1.807, 2.05) is 55.6 Å². The molecule has 0 amide bonds. The largest absolute Gasteiger partial charge is 0.301 e. The van der Waals surface area contributed by atoms with Crippen LogP contribution in [0.4, 0.5) is 11.4 Å². The number of hydrogen-bond acceptors (Lipinski definition) is 3. The minimum atomic E-state index is 0.943. The van der Waals surface area contributed by atoms with Gasteiger partial charge in [-0.25, -0.2) is 9.13 Å². The molecular formula is C21H21N6+. The fourth-order valence-electron chi connectivity index (χ4n) is 3.25. The van der Waals surface area contributed by atoms with E-state index in [9.17, 15) is 0 Å². The van der Waals surface area contributed by atoms with Crippen molar-refractivity contribution in [3.63, 3.8) is 0 Å². The van der Waals surface area contributed by atoms with E-state index >= 15 is 0 Å². The first kappa shape index (κ1) is 16.9. The summed E-state index contributed by atoms with van der Waals surface area (Å²) in [6.45, 7) is 2.00. The Balaban J connectivity index is 1.85. The van der Waals surface area contributed by atoms with Crippen LogP contribution < -0.4 is 9.47 Å². The number of aryl methyl sites for hydroxylation is 2. The van der Waals surface area contributed by atoms with Crippen LogP contribution in [0.25, 0.3) is 16.9 Å². The Kier molecular flexibility index (Phi) is 4.38. The van der Waals surface area contributed by atoms with Gasteiger partial charge in [0.25, 0.3) is 0 Å². The second kappa shape index (κ2) is 6.99. The van der Waals surface area contributed by atoms with Crippen molar-refractivity contribution >= 4 is 28.9 Å². The molecule has 0 unspecified atom stereocenters. The van der Waals surface area contributed by atoms with Gasteiger partial charge in [0.05, 0.1) is 30.5 Å². The van der Waals surface area contributed by atoms with E-state index in [1.165, 1.54) is 0 Å². The van der Waals surface area contributed by atoms with Gasteiger partial charge in [0.2, 0.25) is 0 Å². The molecule has 0 aliphatic carbocycles. The average molecular weight is 357 g/mol. The molecule has 0 saturated carbocycles. The van der Waals surface area contributed by atoms with Gasteiger partial charge in [-0.1, -0.05) is 6.07 Å². The molecule has 0 saturated heterocycles. The lowest BCUT2D eigenvalue weighted by atomic mass is 10.2. The van der Waals surface area contributed by atoms with E-state index in [-0.39, 0.29) is 0 Å². The highest BCUT2D eigenvalue weighted by Crippen LogP contribution is 2.28. The Hall–Kier alpha value is -3.54. The highest BCUT2D eigenvalue weighted by atomic mass is 15.2. The Morgan fingerprint density at radius 3 is 2.70 bits per heavy atom. The van der Waals surface area contributed by atoms with Gasteiger partial charge in [-0.2, -0.15) is 0 Å². The number of rotatable bonds is 4. The van der Waals surface area contributed by atoms with E-state index in [1.54, 1.807) is 13.2 Å². The summed E-state index contributed by atoms with van der Waals surface area (Å²) >= 11 is 0. The first-order valence-corrected chi connectivity index (χ1v) is 8.74. The molecule has 134 valence electrons. The summed E-state index contributed by atoms with van der Waals surface area (Å²) < 4.78 is 4.17. The molecular weight excluding hydrogens is 336 g/mol. The fraction of sp³-hybridized carbons (Fsp3) is 0.143. The van der Waals surface area contributed by atoms with Gasteiger partial charge in [0, 0.05) is 19.3 Å². The van der Waals surface area contributed by atoms with Gasteiger partial charge >= 0.3 is 5.65 Å². The van der Waals surface area contributed by atoms with Gasteiger partial charge in [0.15, 0.2) is 11.8 Å².